The van der Waals surface area contributed by atoms with Gasteiger partial charge in [0.15, 0.2) is 11.9 Å². The third kappa shape index (κ3) is 3.76. The number of Topliss-reactive ketones (excluding diaryl/α,β-unsaturated/α-hetero) is 1. The Morgan fingerprint density at radius 2 is 2.00 bits per heavy atom. The zero-order chi connectivity index (χ0) is 31.6. The molecular weight excluding hydrogens is 642 g/mol. The number of aromatic hydroxyl groups is 1. The molecule has 13 heteroatoms. The van der Waals surface area contributed by atoms with Crippen LogP contribution in [-0.2, 0) is 39.8 Å². The number of hydrogen-bond acceptors (Lipinski definition) is 12. The van der Waals surface area contributed by atoms with Gasteiger partial charge in [0.2, 0.25) is 11.4 Å². The van der Waals surface area contributed by atoms with E-state index in [0.717, 1.165) is 0 Å². The van der Waals surface area contributed by atoms with E-state index in [1.54, 1.807) is 7.05 Å². The van der Waals surface area contributed by atoms with Crippen molar-refractivity contribution in [2.24, 2.45) is 5.92 Å². The molecule has 0 saturated carbocycles. The first-order valence-electron chi connectivity index (χ1n) is 14.5. The molecule has 236 valence electrons. The summed E-state index contributed by atoms with van der Waals surface area (Å²) in [4.78, 5) is 51.2. The number of hydrogen-bond donors (Lipinski definition) is 2. The third-order valence-corrected chi connectivity index (χ3v) is 10.2. The number of aldehydes is 2. The molecule has 0 amide bonds. The van der Waals surface area contributed by atoms with Gasteiger partial charge in [0, 0.05) is 36.5 Å². The van der Waals surface area contributed by atoms with Gasteiger partial charge in [0.05, 0.1) is 23.4 Å². The molecule has 2 N–H and O–H groups in total. The molecule has 0 spiro atoms. The van der Waals surface area contributed by atoms with E-state index in [1.807, 2.05) is 13.0 Å². The second kappa shape index (κ2) is 11.1. The number of fused-ring (bicyclic) bond motifs is 6. The average molecular weight is 677 g/mol. The Hall–Kier alpha value is -3.10. The van der Waals surface area contributed by atoms with Crippen LogP contribution >= 0.6 is 15.9 Å². The smallest absolute Gasteiger partial charge is 0.306 e. The Morgan fingerprint density at radius 3 is 2.64 bits per heavy atom. The van der Waals surface area contributed by atoms with E-state index in [9.17, 15) is 24.3 Å². The molecule has 0 aromatic heterocycles. The fourth-order valence-corrected chi connectivity index (χ4v) is 8.38. The van der Waals surface area contributed by atoms with Crippen molar-refractivity contribution in [3.63, 3.8) is 0 Å². The van der Waals surface area contributed by atoms with Gasteiger partial charge in [0.1, 0.15) is 41.8 Å². The Bertz CT molecular complexity index is 1570. The van der Waals surface area contributed by atoms with Crippen LogP contribution in [0.2, 0.25) is 0 Å². The summed E-state index contributed by atoms with van der Waals surface area (Å²) in [5.41, 5.74) is -0.0832. The van der Waals surface area contributed by atoms with Crippen molar-refractivity contribution < 1.29 is 52.7 Å². The number of halogens is 1. The lowest BCUT2D eigenvalue weighted by molar-refractivity contribution is -0.352. The number of esters is 1. The molecule has 2 bridgehead atoms. The first-order valence-corrected chi connectivity index (χ1v) is 15.6. The molecule has 5 atom stereocenters. The lowest BCUT2D eigenvalue weighted by Gasteiger charge is -2.55. The molecule has 3 heterocycles. The summed E-state index contributed by atoms with van der Waals surface area (Å²) in [6.45, 7) is 2.36. The monoisotopic (exact) mass is 675 g/mol. The van der Waals surface area contributed by atoms with Crippen molar-refractivity contribution in [1.82, 2.24) is 5.32 Å². The zero-order valence-corrected chi connectivity index (χ0v) is 26.4. The summed E-state index contributed by atoms with van der Waals surface area (Å²) in [6.07, 6.45) is 0.569. The first-order chi connectivity index (χ1) is 21.1. The van der Waals surface area contributed by atoms with Crippen LogP contribution in [0.15, 0.2) is 6.07 Å². The van der Waals surface area contributed by atoms with Gasteiger partial charge in [-0.2, -0.15) is 0 Å². The largest absolute Gasteiger partial charge is 0.506 e. The van der Waals surface area contributed by atoms with Gasteiger partial charge in [-0.1, -0.05) is 15.9 Å². The van der Waals surface area contributed by atoms with Crippen LogP contribution in [0.5, 0.6) is 17.2 Å². The Morgan fingerprint density at radius 1 is 1.25 bits per heavy atom. The number of carbonyl (C=O) groups excluding carboxylic acids is 4. The number of ketones is 1. The molecule has 3 unspecified atom stereocenters. The number of ether oxygens (including phenoxy) is 6. The number of carbonyl (C=O) groups is 4. The van der Waals surface area contributed by atoms with Crippen LogP contribution in [-0.4, -0.2) is 85.9 Å². The van der Waals surface area contributed by atoms with E-state index in [0.29, 0.717) is 66.2 Å². The van der Waals surface area contributed by atoms with Crippen molar-refractivity contribution in [3.05, 3.63) is 28.3 Å². The highest BCUT2D eigenvalue weighted by Crippen LogP contribution is 2.69. The van der Waals surface area contributed by atoms with E-state index in [1.165, 1.54) is 14.2 Å². The maximum Gasteiger partial charge on any atom is 0.306 e. The van der Waals surface area contributed by atoms with Crippen molar-refractivity contribution in [2.75, 3.05) is 33.1 Å². The lowest BCUT2D eigenvalue weighted by Crippen LogP contribution is -2.76. The number of alkyl halides is 1. The minimum absolute atomic E-state index is 0.00271. The van der Waals surface area contributed by atoms with Crippen LogP contribution in [0, 0.1) is 12.8 Å². The molecular formula is C31H34BrNO11. The summed E-state index contributed by atoms with van der Waals surface area (Å²) >= 11 is 3.45. The highest BCUT2D eigenvalue weighted by atomic mass is 79.9. The summed E-state index contributed by atoms with van der Waals surface area (Å²) in [6, 6.07) is 1.81. The molecule has 2 saturated heterocycles. The molecule has 1 aliphatic carbocycles. The summed E-state index contributed by atoms with van der Waals surface area (Å²) in [5.74, 6) is -6.18. The minimum Gasteiger partial charge on any atom is -0.506 e. The van der Waals surface area contributed by atoms with Gasteiger partial charge in [-0.05, 0) is 51.4 Å². The predicted octanol–water partition coefficient (Wildman–Crippen LogP) is 2.97. The van der Waals surface area contributed by atoms with Gasteiger partial charge in [0.25, 0.3) is 5.79 Å². The van der Waals surface area contributed by atoms with Crippen LogP contribution in [0.1, 0.15) is 58.8 Å². The predicted molar refractivity (Wildman–Crippen MR) is 157 cm³/mol. The Balaban J connectivity index is 1.64. The third-order valence-electron chi connectivity index (χ3n) is 9.37. The van der Waals surface area contributed by atoms with Crippen molar-refractivity contribution >= 4 is 51.0 Å². The average Bonchev–Trinajstić information content (AvgIpc) is 3.51. The first kappa shape index (κ1) is 30.9. The van der Waals surface area contributed by atoms with Crippen LogP contribution in [0.3, 0.4) is 0 Å². The van der Waals surface area contributed by atoms with Gasteiger partial charge >= 0.3 is 5.97 Å². The molecule has 6 rings (SSSR count). The molecule has 3 aliphatic heterocycles. The topological polar surface area (TPSA) is 156 Å². The summed E-state index contributed by atoms with van der Waals surface area (Å²) in [7, 11) is 4.60. The highest BCUT2D eigenvalue weighted by Gasteiger charge is 2.88. The number of benzene rings is 2. The maximum absolute atomic E-state index is 13.4. The molecule has 44 heavy (non-hydrogen) atoms. The molecule has 4 aliphatic rings. The molecule has 0 radical (unpaired) electrons. The molecule has 2 aromatic rings. The van der Waals surface area contributed by atoms with Crippen molar-refractivity contribution in [3.8, 4) is 17.2 Å². The molecule has 2 aromatic carbocycles. The lowest BCUT2D eigenvalue weighted by atomic mass is 9.73. The van der Waals surface area contributed by atoms with Gasteiger partial charge in [-0.25, -0.2) is 0 Å². The van der Waals surface area contributed by atoms with Crippen LogP contribution < -0.4 is 14.8 Å². The fraction of sp³-hybridized carbons (Fsp3) is 0.548. The number of phenols is 1. The SMILES string of the molecule is CNCCCC(=O)O[C@]1(CBr)C2(C(C=O)C=O)OC3c4c(C)cc5c(OC)c6c(c(O)c5c4O[C@]1(OC)C3O2)C(=O)CCC6. The summed E-state index contributed by atoms with van der Waals surface area (Å²) in [5, 5.41) is 15.2. The van der Waals surface area contributed by atoms with E-state index in [-0.39, 0.29) is 46.4 Å². The molecule has 12 nitrogen and oxygen atoms in total. The number of aryl methyl sites for hydroxylation is 1. The number of methoxy groups -OCH3 is 2. The van der Waals surface area contributed by atoms with Crippen LogP contribution in [0.25, 0.3) is 10.8 Å². The standard InChI is InChI=1S/C31H34BrNO11/c1-15-11-18-23(24(38)22-17(25(18)39-3)7-5-8-19(22)36)26-21(15)27-28-31(40-4,42-26)29(14-32,41-20(37)9-6-10-33-2)30(43-27,44-28)16(12-34)13-35/h11-13,16,27-28,33,38H,5-10,14H2,1-4H3/t27?,28?,29-,30?,31-/m1/s1. The summed E-state index contributed by atoms with van der Waals surface area (Å²) < 4.78 is 37.9. The number of phenolic OH excluding ortho intramolecular Hbond substituents is 1. The number of nitrogens with one attached hydrogen (secondary N) is 1. The molecule has 2 fully saturated rings. The van der Waals surface area contributed by atoms with Gasteiger partial charge < -0.3 is 48.4 Å². The van der Waals surface area contributed by atoms with E-state index in [2.05, 4.69) is 21.2 Å². The quantitative estimate of drug-likeness (QED) is 0.118. The fourth-order valence-electron chi connectivity index (χ4n) is 7.48. The zero-order valence-electron chi connectivity index (χ0n) is 24.8. The maximum atomic E-state index is 13.4. The van der Waals surface area contributed by atoms with Crippen molar-refractivity contribution in [2.45, 2.75) is 68.4 Å². The normalized spacial score (nSPS) is 29.7. The second-order valence-electron chi connectivity index (χ2n) is 11.5. The van der Waals surface area contributed by atoms with E-state index >= 15 is 0 Å². The Kier molecular flexibility index (Phi) is 7.77. The highest BCUT2D eigenvalue weighted by molar-refractivity contribution is 9.09. The second-order valence-corrected chi connectivity index (χ2v) is 12.1. The van der Waals surface area contributed by atoms with Gasteiger partial charge in [-0.3, -0.25) is 9.59 Å². The Labute approximate surface area is 261 Å². The van der Waals surface area contributed by atoms with Crippen molar-refractivity contribution in [1.29, 1.82) is 0 Å². The van der Waals surface area contributed by atoms with E-state index in [4.69, 9.17) is 28.4 Å². The van der Waals surface area contributed by atoms with Crippen LogP contribution in [0.4, 0.5) is 0 Å². The van der Waals surface area contributed by atoms with Gasteiger partial charge in [-0.15, -0.1) is 0 Å². The minimum atomic E-state index is -2.12. The number of rotatable bonds is 11. The van der Waals surface area contributed by atoms with E-state index < -0.39 is 41.3 Å².